The zero-order valence-corrected chi connectivity index (χ0v) is 11.3. The second-order valence-corrected chi connectivity index (χ2v) is 3.81. The zero-order chi connectivity index (χ0) is 14.1. The molecule has 0 aliphatic heterocycles. The largest absolute Gasteiger partial charge is 0.497 e. The zero-order valence-electron chi connectivity index (χ0n) is 11.3. The summed E-state index contributed by atoms with van der Waals surface area (Å²) in [6.07, 6.45) is 0. The molecule has 1 rings (SSSR count). The van der Waals surface area contributed by atoms with Crippen LogP contribution in [-0.4, -0.2) is 46.5 Å². The lowest BCUT2D eigenvalue weighted by molar-refractivity contribution is 0.0693. The Labute approximate surface area is 112 Å². The van der Waals surface area contributed by atoms with E-state index in [9.17, 15) is 4.79 Å². The van der Waals surface area contributed by atoms with Crippen molar-refractivity contribution < 1.29 is 19.0 Å². The molecular formula is C13H20N2O4. The van der Waals surface area contributed by atoms with Crippen molar-refractivity contribution in [1.29, 1.82) is 0 Å². The first-order valence-electron chi connectivity index (χ1n) is 5.97. The van der Waals surface area contributed by atoms with Gasteiger partial charge in [-0.3, -0.25) is 4.79 Å². The van der Waals surface area contributed by atoms with Crippen molar-refractivity contribution in [1.82, 2.24) is 5.32 Å². The maximum Gasteiger partial charge on any atom is 0.253 e. The third-order valence-corrected chi connectivity index (χ3v) is 2.47. The molecule has 0 aromatic heterocycles. The van der Waals surface area contributed by atoms with Crippen molar-refractivity contribution in [2.75, 3.05) is 46.3 Å². The summed E-state index contributed by atoms with van der Waals surface area (Å²) in [7, 11) is 3.16. The number of rotatable bonds is 8. The summed E-state index contributed by atoms with van der Waals surface area (Å²) in [5.41, 5.74) is 6.59. The van der Waals surface area contributed by atoms with E-state index in [1.54, 1.807) is 32.4 Å². The number of hydrogen-bond donors (Lipinski definition) is 2. The van der Waals surface area contributed by atoms with Crippen LogP contribution in [0.4, 0.5) is 5.69 Å². The fourth-order valence-corrected chi connectivity index (χ4v) is 1.45. The quantitative estimate of drug-likeness (QED) is 0.535. The maximum atomic E-state index is 11.8. The minimum atomic E-state index is -0.226. The van der Waals surface area contributed by atoms with E-state index < -0.39 is 0 Å². The van der Waals surface area contributed by atoms with Crippen LogP contribution in [0, 0.1) is 0 Å². The number of carbonyl (C=O) groups is 1. The van der Waals surface area contributed by atoms with Crippen LogP contribution in [0.2, 0.25) is 0 Å². The summed E-state index contributed by atoms with van der Waals surface area (Å²) in [4.78, 5) is 11.8. The Hall–Kier alpha value is -1.79. The predicted octanol–water partition coefficient (Wildman–Crippen LogP) is 0.670. The number of anilines is 1. The number of methoxy groups -OCH3 is 2. The molecule has 6 nitrogen and oxygen atoms in total. The molecule has 6 heteroatoms. The van der Waals surface area contributed by atoms with Crippen LogP contribution in [0.15, 0.2) is 18.2 Å². The van der Waals surface area contributed by atoms with Gasteiger partial charge in [-0.25, -0.2) is 0 Å². The summed E-state index contributed by atoms with van der Waals surface area (Å²) in [5.74, 6) is 0.396. The Kier molecular flexibility index (Phi) is 6.70. The van der Waals surface area contributed by atoms with Gasteiger partial charge in [-0.05, 0) is 12.1 Å². The summed E-state index contributed by atoms with van der Waals surface area (Å²) >= 11 is 0. The van der Waals surface area contributed by atoms with Crippen molar-refractivity contribution in [3.05, 3.63) is 23.8 Å². The Balaban J connectivity index is 2.37. The molecule has 1 amide bonds. The van der Waals surface area contributed by atoms with Crippen LogP contribution in [0.3, 0.4) is 0 Å². The molecule has 0 fully saturated rings. The summed E-state index contributed by atoms with van der Waals surface area (Å²) in [5, 5.41) is 2.73. The molecule has 0 aliphatic rings. The van der Waals surface area contributed by atoms with E-state index in [0.717, 1.165) is 0 Å². The molecule has 0 heterocycles. The van der Waals surface area contributed by atoms with Crippen LogP contribution >= 0.6 is 0 Å². The lowest BCUT2D eigenvalue weighted by Crippen LogP contribution is -2.28. The second-order valence-electron chi connectivity index (χ2n) is 3.81. The van der Waals surface area contributed by atoms with Gasteiger partial charge in [0.2, 0.25) is 0 Å². The third-order valence-electron chi connectivity index (χ3n) is 2.47. The number of carbonyl (C=O) groups excluding carboxylic acids is 1. The summed E-state index contributed by atoms with van der Waals surface area (Å²) < 4.78 is 15.1. The van der Waals surface area contributed by atoms with Crippen LogP contribution in [0.1, 0.15) is 10.4 Å². The molecule has 0 saturated carbocycles. The van der Waals surface area contributed by atoms with E-state index >= 15 is 0 Å². The molecule has 1 aromatic carbocycles. The SMILES string of the molecule is COCCOCCNC(=O)c1ccc(OC)cc1N. The van der Waals surface area contributed by atoms with E-state index in [0.29, 0.717) is 43.4 Å². The number of nitrogen functional groups attached to an aromatic ring is 1. The molecule has 3 N–H and O–H groups in total. The number of nitrogens with one attached hydrogen (secondary N) is 1. The van der Waals surface area contributed by atoms with Gasteiger partial charge < -0.3 is 25.3 Å². The molecular weight excluding hydrogens is 248 g/mol. The first-order valence-corrected chi connectivity index (χ1v) is 5.97. The van der Waals surface area contributed by atoms with Gasteiger partial charge in [0.25, 0.3) is 5.91 Å². The van der Waals surface area contributed by atoms with Crippen molar-refractivity contribution in [3.8, 4) is 5.75 Å². The van der Waals surface area contributed by atoms with Gasteiger partial charge >= 0.3 is 0 Å². The molecule has 106 valence electrons. The predicted molar refractivity (Wildman–Crippen MR) is 72.4 cm³/mol. The highest BCUT2D eigenvalue weighted by atomic mass is 16.5. The fourth-order valence-electron chi connectivity index (χ4n) is 1.45. The van der Waals surface area contributed by atoms with Crippen molar-refractivity contribution in [2.24, 2.45) is 0 Å². The number of benzene rings is 1. The minimum Gasteiger partial charge on any atom is -0.497 e. The summed E-state index contributed by atoms with van der Waals surface area (Å²) in [6.45, 7) is 1.91. The van der Waals surface area contributed by atoms with Gasteiger partial charge in [-0.2, -0.15) is 0 Å². The Bertz CT molecular complexity index is 410. The number of nitrogens with two attached hydrogens (primary N) is 1. The Morgan fingerprint density at radius 3 is 2.68 bits per heavy atom. The lowest BCUT2D eigenvalue weighted by Gasteiger charge is -2.09. The van der Waals surface area contributed by atoms with E-state index in [1.165, 1.54) is 0 Å². The number of ether oxygens (including phenoxy) is 3. The van der Waals surface area contributed by atoms with Gasteiger partial charge in [0.05, 0.1) is 32.5 Å². The van der Waals surface area contributed by atoms with Gasteiger partial charge in [0, 0.05) is 25.4 Å². The third kappa shape index (κ3) is 5.15. The van der Waals surface area contributed by atoms with Crippen LogP contribution in [0.5, 0.6) is 5.75 Å². The smallest absolute Gasteiger partial charge is 0.253 e. The van der Waals surface area contributed by atoms with E-state index in [2.05, 4.69) is 5.32 Å². The highest BCUT2D eigenvalue weighted by molar-refractivity contribution is 5.99. The molecule has 0 aliphatic carbocycles. The molecule has 1 aromatic rings. The molecule has 19 heavy (non-hydrogen) atoms. The van der Waals surface area contributed by atoms with Crippen LogP contribution < -0.4 is 15.8 Å². The Morgan fingerprint density at radius 1 is 1.26 bits per heavy atom. The van der Waals surface area contributed by atoms with E-state index in [1.807, 2.05) is 0 Å². The monoisotopic (exact) mass is 268 g/mol. The first kappa shape index (κ1) is 15.3. The average Bonchev–Trinajstić information content (AvgIpc) is 2.42. The molecule has 0 bridgehead atoms. The first-order chi connectivity index (χ1) is 9.19. The topological polar surface area (TPSA) is 82.8 Å². The normalized spacial score (nSPS) is 10.2. The minimum absolute atomic E-state index is 0.226. The number of hydrogen-bond acceptors (Lipinski definition) is 5. The van der Waals surface area contributed by atoms with Gasteiger partial charge in [0.15, 0.2) is 0 Å². The Morgan fingerprint density at radius 2 is 2.05 bits per heavy atom. The molecule has 0 radical (unpaired) electrons. The second kappa shape index (κ2) is 8.34. The van der Waals surface area contributed by atoms with Gasteiger partial charge in [-0.15, -0.1) is 0 Å². The van der Waals surface area contributed by atoms with Crippen molar-refractivity contribution in [2.45, 2.75) is 0 Å². The molecule has 0 spiro atoms. The highest BCUT2D eigenvalue weighted by Crippen LogP contribution is 2.19. The molecule has 0 unspecified atom stereocenters. The maximum absolute atomic E-state index is 11.8. The van der Waals surface area contributed by atoms with E-state index in [4.69, 9.17) is 19.9 Å². The van der Waals surface area contributed by atoms with Gasteiger partial charge in [0.1, 0.15) is 5.75 Å². The molecule has 0 saturated heterocycles. The van der Waals surface area contributed by atoms with E-state index in [-0.39, 0.29) is 5.91 Å². The molecule has 0 atom stereocenters. The summed E-state index contributed by atoms with van der Waals surface area (Å²) in [6, 6.07) is 4.94. The number of amides is 1. The highest BCUT2D eigenvalue weighted by Gasteiger charge is 2.09. The van der Waals surface area contributed by atoms with Gasteiger partial charge in [-0.1, -0.05) is 0 Å². The lowest BCUT2D eigenvalue weighted by atomic mass is 10.1. The van der Waals surface area contributed by atoms with Crippen molar-refractivity contribution in [3.63, 3.8) is 0 Å². The fraction of sp³-hybridized carbons (Fsp3) is 0.462. The van der Waals surface area contributed by atoms with Crippen molar-refractivity contribution >= 4 is 11.6 Å². The van der Waals surface area contributed by atoms with Crippen LogP contribution in [0.25, 0.3) is 0 Å². The standard InChI is InChI=1S/C13H20N2O4/c1-17-7-8-19-6-5-15-13(16)11-4-3-10(18-2)9-12(11)14/h3-4,9H,5-8,14H2,1-2H3,(H,15,16). The van der Waals surface area contributed by atoms with Crippen LogP contribution in [-0.2, 0) is 9.47 Å². The average molecular weight is 268 g/mol.